The fourth-order valence-corrected chi connectivity index (χ4v) is 1.34. The summed E-state index contributed by atoms with van der Waals surface area (Å²) in [7, 11) is 0. The molecule has 0 atom stereocenters. The third-order valence-corrected chi connectivity index (χ3v) is 2.90. The molecule has 3 N–H and O–H groups in total. The Hall–Kier alpha value is -1.51. The zero-order valence-electron chi connectivity index (χ0n) is 10.4. The van der Waals surface area contributed by atoms with Crippen molar-refractivity contribution in [3.05, 3.63) is 29.3 Å². The minimum atomic E-state index is -0.201. The fourth-order valence-electron chi connectivity index (χ4n) is 1.34. The van der Waals surface area contributed by atoms with Gasteiger partial charge in [-0.1, -0.05) is 19.1 Å². The first-order valence-electron chi connectivity index (χ1n) is 5.55. The normalized spacial score (nSPS) is 11.2. The van der Waals surface area contributed by atoms with E-state index in [-0.39, 0.29) is 11.4 Å². The van der Waals surface area contributed by atoms with E-state index in [1.165, 1.54) is 0 Å². The zero-order chi connectivity index (χ0) is 12.3. The summed E-state index contributed by atoms with van der Waals surface area (Å²) in [5.74, 6) is -0.104. The van der Waals surface area contributed by atoms with Crippen molar-refractivity contribution in [2.24, 2.45) is 0 Å². The Morgan fingerprint density at radius 1 is 1.44 bits per heavy atom. The number of carbonyl (C=O) groups excluding carboxylic acids is 1. The van der Waals surface area contributed by atoms with E-state index in [0.29, 0.717) is 11.3 Å². The molecule has 0 unspecified atom stereocenters. The molecule has 0 aromatic heterocycles. The molecule has 1 amide bonds. The maximum absolute atomic E-state index is 12.0. The highest BCUT2D eigenvalue weighted by Crippen LogP contribution is 2.17. The van der Waals surface area contributed by atoms with E-state index in [0.717, 1.165) is 12.0 Å². The molecule has 0 bridgehead atoms. The Balaban J connectivity index is 2.94. The predicted octanol–water partition coefficient (Wildman–Crippen LogP) is 2.50. The van der Waals surface area contributed by atoms with Crippen LogP contribution in [0.15, 0.2) is 18.2 Å². The van der Waals surface area contributed by atoms with E-state index in [1.54, 1.807) is 6.07 Å². The minimum absolute atomic E-state index is 0.104. The molecule has 0 radical (unpaired) electrons. The van der Waals surface area contributed by atoms with Crippen LogP contribution in [0.25, 0.3) is 0 Å². The van der Waals surface area contributed by atoms with Gasteiger partial charge in [-0.15, -0.1) is 0 Å². The second-order valence-corrected chi connectivity index (χ2v) is 4.73. The quantitative estimate of drug-likeness (QED) is 0.769. The molecule has 88 valence electrons. The van der Waals surface area contributed by atoms with Crippen molar-refractivity contribution in [2.45, 2.75) is 39.7 Å². The minimum Gasteiger partial charge on any atom is -0.398 e. The lowest BCUT2D eigenvalue weighted by atomic mass is 10.0. The molecule has 0 saturated carbocycles. The fraction of sp³-hybridized carbons (Fsp3) is 0.462. The van der Waals surface area contributed by atoms with Crippen LogP contribution in [0.5, 0.6) is 0 Å². The average molecular weight is 220 g/mol. The summed E-state index contributed by atoms with van der Waals surface area (Å²) in [6, 6.07) is 5.50. The van der Waals surface area contributed by atoms with Crippen LogP contribution in [0.3, 0.4) is 0 Å². The Morgan fingerprint density at radius 2 is 2.06 bits per heavy atom. The molecule has 0 aliphatic heterocycles. The molecule has 3 heteroatoms. The summed E-state index contributed by atoms with van der Waals surface area (Å²) in [6.45, 7) is 7.94. The van der Waals surface area contributed by atoms with Crippen molar-refractivity contribution in [2.75, 3.05) is 5.73 Å². The van der Waals surface area contributed by atoms with Crippen molar-refractivity contribution >= 4 is 11.6 Å². The second-order valence-electron chi connectivity index (χ2n) is 4.73. The van der Waals surface area contributed by atoms with Crippen LogP contribution in [0.1, 0.15) is 43.1 Å². The first kappa shape index (κ1) is 12.6. The molecule has 0 saturated heterocycles. The molecule has 1 rings (SSSR count). The maximum Gasteiger partial charge on any atom is 0.253 e. The number of benzene rings is 1. The number of amides is 1. The van der Waals surface area contributed by atoms with E-state index in [9.17, 15) is 4.79 Å². The molecule has 0 spiro atoms. The van der Waals surface area contributed by atoms with Crippen molar-refractivity contribution in [3.63, 3.8) is 0 Å². The number of carbonyl (C=O) groups is 1. The Bertz CT molecular complexity index is 397. The van der Waals surface area contributed by atoms with Gasteiger partial charge in [-0.3, -0.25) is 4.79 Å². The average Bonchev–Trinajstić information content (AvgIpc) is 2.21. The molecular weight excluding hydrogens is 200 g/mol. The lowest BCUT2D eigenvalue weighted by molar-refractivity contribution is 0.0912. The molecule has 0 aliphatic carbocycles. The van der Waals surface area contributed by atoms with Crippen LogP contribution in [0, 0.1) is 6.92 Å². The largest absolute Gasteiger partial charge is 0.398 e. The number of hydrogen-bond acceptors (Lipinski definition) is 2. The molecule has 16 heavy (non-hydrogen) atoms. The summed E-state index contributed by atoms with van der Waals surface area (Å²) < 4.78 is 0. The molecule has 3 nitrogen and oxygen atoms in total. The van der Waals surface area contributed by atoms with Crippen LogP contribution in [0.4, 0.5) is 5.69 Å². The van der Waals surface area contributed by atoms with Crippen LogP contribution >= 0.6 is 0 Å². The summed E-state index contributed by atoms with van der Waals surface area (Å²) in [4.78, 5) is 12.0. The standard InChI is InChI=1S/C13H20N2O/c1-5-13(3,4)15-12(16)10-8-6-7-9(2)11(10)14/h6-8H,5,14H2,1-4H3,(H,15,16). The van der Waals surface area contributed by atoms with Crippen molar-refractivity contribution < 1.29 is 4.79 Å². The Labute approximate surface area is 97.0 Å². The van der Waals surface area contributed by atoms with Gasteiger partial charge < -0.3 is 11.1 Å². The number of hydrogen-bond donors (Lipinski definition) is 2. The van der Waals surface area contributed by atoms with Gasteiger partial charge in [0.15, 0.2) is 0 Å². The number of anilines is 1. The van der Waals surface area contributed by atoms with E-state index in [4.69, 9.17) is 5.73 Å². The third kappa shape index (κ3) is 2.75. The predicted molar refractivity (Wildman–Crippen MR) is 67.4 cm³/mol. The summed E-state index contributed by atoms with van der Waals surface area (Å²) in [6.07, 6.45) is 0.879. The van der Waals surface area contributed by atoms with E-state index >= 15 is 0 Å². The van der Waals surface area contributed by atoms with E-state index in [2.05, 4.69) is 5.32 Å². The molecule has 0 fully saturated rings. The number of aryl methyl sites for hydroxylation is 1. The van der Waals surface area contributed by atoms with Gasteiger partial charge >= 0.3 is 0 Å². The second kappa shape index (κ2) is 4.56. The van der Waals surface area contributed by atoms with Gasteiger partial charge in [-0.25, -0.2) is 0 Å². The first-order valence-corrected chi connectivity index (χ1v) is 5.55. The number of nitrogens with one attached hydrogen (secondary N) is 1. The van der Waals surface area contributed by atoms with E-state index in [1.807, 2.05) is 39.8 Å². The lowest BCUT2D eigenvalue weighted by Gasteiger charge is -2.25. The van der Waals surface area contributed by atoms with Gasteiger partial charge in [0.2, 0.25) is 0 Å². The molecule has 0 heterocycles. The smallest absolute Gasteiger partial charge is 0.253 e. The van der Waals surface area contributed by atoms with Crippen LogP contribution in [-0.4, -0.2) is 11.4 Å². The number of rotatable bonds is 3. The van der Waals surface area contributed by atoms with Crippen molar-refractivity contribution in [3.8, 4) is 0 Å². The van der Waals surface area contributed by atoms with Gasteiger partial charge in [-0.05, 0) is 38.8 Å². The zero-order valence-corrected chi connectivity index (χ0v) is 10.4. The van der Waals surface area contributed by atoms with Gasteiger partial charge in [0.05, 0.1) is 5.56 Å². The monoisotopic (exact) mass is 220 g/mol. The van der Waals surface area contributed by atoms with Crippen molar-refractivity contribution in [1.29, 1.82) is 0 Å². The van der Waals surface area contributed by atoms with Gasteiger partial charge in [0.25, 0.3) is 5.91 Å². The van der Waals surface area contributed by atoms with Crippen LogP contribution < -0.4 is 11.1 Å². The summed E-state index contributed by atoms with van der Waals surface area (Å²) in [5.41, 5.74) is 7.73. The number of para-hydroxylation sites is 1. The topological polar surface area (TPSA) is 55.1 Å². The van der Waals surface area contributed by atoms with Gasteiger partial charge in [0.1, 0.15) is 0 Å². The SMILES string of the molecule is CCC(C)(C)NC(=O)c1cccc(C)c1N. The summed E-state index contributed by atoms with van der Waals surface area (Å²) >= 11 is 0. The van der Waals surface area contributed by atoms with Gasteiger partial charge in [-0.2, -0.15) is 0 Å². The van der Waals surface area contributed by atoms with E-state index < -0.39 is 0 Å². The highest BCUT2D eigenvalue weighted by Gasteiger charge is 2.20. The number of nitrogen functional groups attached to an aromatic ring is 1. The first-order chi connectivity index (χ1) is 7.37. The van der Waals surface area contributed by atoms with Crippen LogP contribution in [-0.2, 0) is 0 Å². The highest BCUT2D eigenvalue weighted by atomic mass is 16.1. The maximum atomic E-state index is 12.0. The number of nitrogens with two attached hydrogens (primary N) is 1. The molecule has 0 aliphatic rings. The van der Waals surface area contributed by atoms with Crippen molar-refractivity contribution in [1.82, 2.24) is 5.32 Å². The molecule has 1 aromatic carbocycles. The molecular formula is C13H20N2O. The Morgan fingerprint density at radius 3 is 2.62 bits per heavy atom. The van der Waals surface area contributed by atoms with Gasteiger partial charge in [0, 0.05) is 11.2 Å². The summed E-state index contributed by atoms with van der Waals surface area (Å²) in [5, 5.41) is 2.97. The highest BCUT2D eigenvalue weighted by molar-refractivity contribution is 6.00. The molecule has 1 aromatic rings. The third-order valence-electron chi connectivity index (χ3n) is 2.90. The lowest BCUT2D eigenvalue weighted by Crippen LogP contribution is -2.43. The Kier molecular flexibility index (Phi) is 3.58. The van der Waals surface area contributed by atoms with Crippen LogP contribution in [0.2, 0.25) is 0 Å².